The van der Waals surface area contributed by atoms with Crippen LogP contribution in [0.2, 0.25) is 0 Å². The van der Waals surface area contributed by atoms with Crippen molar-refractivity contribution in [2.75, 3.05) is 24.7 Å². The van der Waals surface area contributed by atoms with Gasteiger partial charge >= 0.3 is 7.69 Å². The van der Waals surface area contributed by atoms with Crippen LogP contribution in [-0.2, 0) is 0 Å². The lowest BCUT2D eigenvalue weighted by Gasteiger charge is -2.07. The van der Waals surface area contributed by atoms with Crippen LogP contribution in [0, 0.1) is 0 Å². The summed E-state index contributed by atoms with van der Waals surface area (Å²) in [5.74, 6) is 2.75. The van der Waals surface area contributed by atoms with E-state index in [0.717, 1.165) is 11.6 Å². The highest BCUT2D eigenvalue weighted by Gasteiger charge is 2.02. The average molecular weight is 294 g/mol. The smallest absolute Gasteiger partial charge is 0.525 e. The third-order valence-corrected chi connectivity index (χ3v) is 2.35. The Morgan fingerprint density at radius 3 is 1.60 bits per heavy atom. The molecule has 2 aromatic heterocycles. The van der Waals surface area contributed by atoms with Gasteiger partial charge < -0.3 is 19.9 Å². The molecule has 0 aromatic carbocycles. The maximum Gasteiger partial charge on any atom is 0.658 e. The van der Waals surface area contributed by atoms with Crippen LogP contribution in [0.4, 0.5) is 11.6 Å². The van der Waals surface area contributed by atoms with Gasteiger partial charge in [-0.25, -0.2) is 9.97 Å². The number of rotatable bonds is 6. The molecular weight excluding hydrogens is 278 g/mol. The molecule has 6 nitrogen and oxygen atoms in total. The number of hydrogen-bond acceptors (Lipinski definition) is 6. The van der Waals surface area contributed by atoms with Crippen LogP contribution in [0.25, 0.3) is 0 Å². The van der Waals surface area contributed by atoms with E-state index in [4.69, 9.17) is 9.31 Å². The van der Waals surface area contributed by atoms with Crippen molar-refractivity contribution < 1.29 is 9.31 Å². The molecule has 2 heterocycles. The van der Waals surface area contributed by atoms with Crippen molar-refractivity contribution in [2.45, 2.75) is 0 Å². The van der Waals surface area contributed by atoms with Crippen molar-refractivity contribution in [3.8, 4) is 11.5 Å². The lowest BCUT2D eigenvalue weighted by Crippen LogP contribution is -2.11. The van der Waals surface area contributed by atoms with Crippen LogP contribution in [0.3, 0.4) is 0 Å². The lowest BCUT2D eigenvalue weighted by molar-refractivity contribution is 0.457. The Morgan fingerprint density at radius 1 is 0.850 bits per heavy atom. The molecule has 2 N–H and O–H groups in total. The molecule has 0 saturated carbocycles. The SMILES string of the molecule is CNc1ccc(O[B]Oc2ccc(NC)nc2)cn1.Cl. The zero-order chi connectivity index (χ0) is 13.5. The van der Waals surface area contributed by atoms with Crippen LogP contribution in [-0.4, -0.2) is 31.7 Å². The van der Waals surface area contributed by atoms with Crippen molar-refractivity contribution in [1.29, 1.82) is 0 Å². The van der Waals surface area contributed by atoms with E-state index < -0.39 is 0 Å². The Hall–Kier alpha value is -2.15. The maximum absolute atomic E-state index is 5.29. The van der Waals surface area contributed by atoms with Gasteiger partial charge in [0.25, 0.3) is 0 Å². The summed E-state index contributed by atoms with van der Waals surface area (Å²) in [5, 5.41) is 5.85. The Labute approximate surface area is 124 Å². The first-order chi connectivity index (χ1) is 9.31. The predicted molar refractivity (Wildman–Crippen MR) is 81.8 cm³/mol. The molecule has 0 fully saturated rings. The van der Waals surface area contributed by atoms with Gasteiger partial charge in [-0.2, -0.15) is 0 Å². The Morgan fingerprint density at radius 2 is 1.30 bits per heavy atom. The molecule has 0 unspecified atom stereocenters. The fourth-order valence-corrected chi connectivity index (χ4v) is 1.33. The van der Waals surface area contributed by atoms with Crippen molar-refractivity contribution in [3.05, 3.63) is 36.7 Å². The molecule has 0 amide bonds. The average Bonchev–Trinajstić information content (AvgIpc) is 2.49. The Bertz CT molecular complexity index is 462. The molecule has 2 rings (SSSR count). The molecule has 0 spiro atoms. The molecule has 0 aliphatic rings. The third kappa shape index (κ3) is 4.51. The van der Waals surface area contributed by atoms with Crippen LogP contribution < -0.4 is 19.9 Å². The standard InChI is InChI=1S/C12H14BN4O2.ClH/c1-14-11-5-3-9(7-16-11)18-13-19-10-4-6-12(15-2)17-8-10;/h3-8H,1-2H3,(H,14,16)(H,15,17);1H. The molecule has 105 valence electrons. The first-order valence-corrected chi connectivity index (χ1v) is 5.74. The minimum absolute atomic E-state index is 0. The van der Waals surface area contributed by atoms with Crippen molar-refractivity contribution in [3.63, 3.8) is 0 Å². The fraction of sp³-hybridized carbons (Fsp3) is 0.167. The van der Waals surface area contributed by atoms with Gasteiger partial charge in [0.1, 0.15) is 23.1 Å². The van der Waals surface area contributed by atoms with Crippen LogP contribution in [0.5, 0.6) is 11.5 Å². The van der Waals surface area contributed by atoms with Crippen molar-refractivity contribution >= 4 is 31.7 Å². The van der Waals surface area contributed by atoms with E-state index in [1.54, 1.807) is 38.6 Å². The van der Waals surface area contributed by atoms with Gasteiger partial charge in [0.05, 0.1) is 12.4 Å². The lowest BCUT2D eigenvalue weighted by atomic mass is 10.3. The molecule has 0 bridgehead atoms. The number of nitrogens with zero attached hydrogens (tertiary/aromatic N) is 2. The van der Waals surface area contributed by atoms with Gasteiger partial charge in [-0.15, -0.1) is 12.4 Å². The van der Waals surface area contributed by atoms with Gasteiger partial charge in [0.2, 0.25) is 0 Å². The summed E-state index contributed by atoms with van der Waals surface area (Å²) in [6.45, 7) is 0. The molecule has 0 saturated heterocycles. The second-order valence-electron chi connectivity index (χ2n) is 3.59. The first kappa shape index (κ1) is 15.9. The molecule has 0 aliphatic heterocycles. The third-order valence-electron chi connectivity index (χ3n) is 2.35. The second kappa shape index (κ2) is 8.11. The number of anilines is 2. The summed E-state index contributed by atoms with van der Waals surface area (Å²) in [7, 11) is 4.85. The van der Waals surface area contributed by atoms with Crippen LogP contribution in [0.1, 0.15) is 0 Å². The van der Waals surface area contributed by atoms with E-state index >= 15 is 0 Å². The number of aromatic nitrogens is 2. The van der Waals surface area contributed by atoms with Gasteiger partial charge in [0.15, 0.2) is 0 Å². The predicted octanol–water partition coefficient (Wildman–Crippen LogP) is 1.97. The summed E-state index contributed by atoms with van der Waals surface area (Å²) < 4.78 is 10.6. The number of nitrogens with one attached hydrogen (secondary N) is 2. The van der Waals surface area contributed by atoms with Gasteiger partial charge in [-0.3, -0.25) is 0 Å². The van der Waals surface area contributed by atoms with Gasteiger partial charge in [-0.05, 0) is 24.3 Å². The topological polar surface area (TPSA) is 68.3 Å². The highest BCUT2D eigenvalue weighted by molar-refractivity contribution is 6.20. The molecule has 2 aromatic rings. The summed E-state index contributed by atoms with van der Waals surface area (Å²) in [4.78, 5) is 8.23. The zero-order valence-corrected chi connectivity index (χ0v) is 12.0. The van der Waals surface area contributed by atoms with E-state index in [-0.39, 0.29) is 12.4 Å². The van der Waals surface area contributed by atoms with E-state index in [0.29, 0.717) is 11.5 Å². The van der Waals surface area contributed by atoms with E-state index in [1.807, 2.05) is 12.1 Å². The minimum Gasteiger partial charge on any atom is -0.525 e. The van der Waals surface area contributed by atoms with Gasteiger partial charge in [0, 0.05) is 14.1 Å². The normalized spacial score (nSPS) is 9.10. The number of pyridine rings is 2. The highest BCUT2D eigenvalue weighted by atomic mass is 35.5. The molecule has 8 heteroatoms. The van der Waals surface area contributed by atoms with Crippen LogP contribution >= 0.6 is 12.4 Å². The second-order valence-corrected chi connectivity index (χ2v) is 3.59. The summed E-state index contributed by atoms with van der Waals surface area (Å²) in [5.41, 5.74) is 0. The molecule has 1 radical (unpaired) electrons. The molecule has 20 heavy (non-hydrogen) atoms. The molecule has 0 aliphatic carbocycles. The number of hydrogen-bond donors (Lipinski definition) is 2. The Kier molecular flexibility index (Phi) is 6.45. The highest BCUT2D eigenvalue weighted by Crippen LogP contribution is 2.13. The largest absolute Gasteiger partial charge is 0.658 e. The minimum atomic E-state index is 0. The zero-order valence-electron chi connectivity index (χ0n) is 11.2. The van der Waals surface area contributed by atoms with E-state index in [2.05, 4.69) is 20.6 Å². The van der Waals surface area contributed by atoms with Crippen molar-refractivity contribution in [2.24, 2.45) is 0 Å². The number of halogens is 1. The fourth-order valence-electron chi connectivity index (χ4n) is 1.33. The van der Waals surface area contributed by atoms with Crippen LogP contribution in [0.15, 0.2) is 36.7 Å². The quantitative estimate of drug-likeness (QED) is 0.794. The summed E-state index contributed by atoms with van der Waals surface area (Å²) in [6, 6.07) is 7.21. The van der Waals surface area contributed by atoms with E-state index in [1.165, 1.54) is 7.69 Å². The van der Waals surface area contributed by atoms with E-state index in [9.17, 15) is 0 Å². The Balaban J connectivity index is 0.00000200. The van der Waals surface area contributed by atoms with Gasteiger partial charge in [-0.1, -0.05) is 0 Å². The monoisotopic (exact) mass is 293 g/mol. The first-order valence-electron chi connectivity index (χ1n) is 5.74. The summed E-state index contributed by atoms with van der Waals surface area (Å²) >= 11 is 0. The molecule has 0 atom stereocenters. The summed E-state index contributed by atoms with van der Waals surface area (Å²) in [6.07, 6.45) is 3.21. The van der Waals surface area contributed by atoms with Crippen molar-refractivity contribution in [1.82, 2.24) is 9.97 Å². The maximum atomic E-state index is 5.29. The molecular formula is C12H15BClN4O2.